The van der Waals surface area contributed by atoms with Gasteiger partial charge in [-0.2, -0.15) is 0 Å². The first-order valence-electron chi connectivity index (χ1n) is 7.01. The Kier molecular flexibility index (Phi) is 4.10. The van der Waals surface area contributed by atoms with Crippen LogP contribution in [0.2, 0.25) is 0 Å². The molecule has 2 aliphatic rings. The fraction of sp³-hybridized carbons (Fsp3) is 0.600. The molecule has 1 N–H and O–H groups in total. The van der Waals surface area contributed by atoms with Crippen molar-refractivity contribution in [3.63, 3.8) is 0 Å². The molecule has 0 saturated carbocycles. The number of fused-ring (bicyclic) bond motifs is 1. The second-order valence-electron chi connectivity index (χ2n) is 5.40. The van der Waals surface area contributed by atoms with Gasteiger partial charge < -0.3 is 14.8 Å². The number of nitrogens with one attached hydrogen (secondary N) is 1. The minimum Gasteiger partial charge on any atom is -0.493 e. The largest absolute Gasteiger partial charge is 0.493 e. The number of rotatable bonds is 3. The van der Waals surface area contributed by atoms with Gasteiger partial charge in [0.15, 0.2) is 0 Å². The first-order valence-corrected chi connectivity index (χ1v) is 7.80. The van der Waals surface area contributed by atoms with Gasteiger partial charge in [-0.25, -0.2) is 0 Å². The van der Waals surface area contributed by atoms with Crippen LogP contribution >= 0.6 is 15.9 Å². The number of hydrogen-bond donors (Lipinski definition) is 1. The van der Waals surface area contributed by atoms with E-state index in [1.807, 2.05) is 6.07 Å². The zero-order valence-electron chi connectivity index (χ0n) is 11.2. The fourth-order valence-electron chi connectivity index (χ4n) is 2.92. The van der Waals surface area contributed by atoms with Crippen molar-refractivity contribution in [2.75, 3.05) is 19.8 Å². The van der Waals surface area contributed by atoms with E-state index in [-0.39, 0.29) is 0 Å². The molecule has 2 heterocycles. The Morgan fingerprint density at radius 2 is 2.21 bits per heavy atom. The Hall–Kier alpha value is -0.580. The second-order valence-corrected chi connectivity index (χ2v) is 6.32. The Morgan fingerprint density at radius 1 is 1.32 bits per heavy atom. The zero-order valence-corrected chi connectivity index (χ0v) is 12.8. The van der Waals surface area contributed by atoms with Crippen LogP contribution in [0.5, 0.6) is 5.75 Å². The average molecular weight is 326 g/mol. The number of hydrogen-bond acceptors (Lipinski definition) is 3. The van der Waals surface area contributed by atoms with Crippen molar-refractivity contribution in [2.24, 2.45) is 5.92 Å². The lowest BCUT2D eigenvalue weighted by atomic mass is 9.98. The van der Waals surface area contributed by atoms with Crippen molar-refractivity contribution in [2.45, 2.75) is 31.9 Å². The predicted octanol–water partition coefficient (Wildman–Crippen LogP) is 3.29. The van der Waals surface area contributed by atoms with Crippen LogP contribution < -0.4 is 10.1 Å². The van der Waals surface area contributed by atoms with Crippen LogP contribution in [0, 0.1) is 5.92 Å². The summed E-state index contributed by atoms with van der Waals surface area (Å²) in [5, 5.41) is 3.70. The molecule has 2 aliphatic heterocycles. The molecule has 19 heavy (non-hydrogen) atoms. The molecule has 0 amide bonds. The molecule has 3 rings (SSSR count). The first kappa shape index (κ1) is 13.4. The van der Waals surface area contributed by atoms with Crippen molar-refractivity contribution in [3.05, 3.63) is 28.2 Å². The Labute approximate surface area is 122 Å². The molecule has 1 aromatic carbocycles. The van der Waals surface area contributed by atoms with Gasteiger partial charge in [0.05, 0.1) is 12.7 Å². The van der Waals surface area contributed by atoms with Crippen molar-refractivity contribution in [1.29, 1.82) is 0 Å². The summed E-state index contributed by atoms with van der Waals surface area (Å²) in [6.07, 6.45) is 2.59. The van der Waals surface area contributed by atoms with E-state index < -0.39 is 0 Å². The van der Waals surface area contributed by atoms with E-state index in [2.05, 4.69) is 40.3 Å². The van der Waals surface area contributed by atoms with Gasteiger partial charge in [-0.05, 0) is 37.5 Å². The van der Waals surface area contributed by atoms with Crippen molar-refractivity contribution >= 4 is 15.9 Å². The van der Waals surface area contributed by atoms with Crippen LogP contribution in [0.3, 0.4) is 0 Å². The lowest BCUT2D eigenvalue weighted by Gasteiger charge is -2.28. The quantitative estimate of drug-likeness (QED) is 0.925. The van der Waals surface area contributed by atoms with Gasteiger partial charge in [0.2, 0.25) is 0 Å². The Morgan fingerprint density at radius 3 is 3.00 bits per heavy atom. The molecule has 4 heteroatoms. The third-order valence-corrected chi connectivity index (χ3v) is 4.66. The monoisotopic (exact) mass is 325 g/mol. The number of halogens is 1. The average Bonchev–Trinajstić information content (AvgIpc) is 2.82. The van der Waals surface area contributed by atoms with Crippen LogP contribution in [-0.4, -0.2) is 25.9 Å². The molecule has 1 saturated heterocycles. The molecule has 3 unspecified atom stereocenters. The van der Waals surface area contributed by atoms with Gasteiger partial charge in [-0.15, -0.1) is 0 Å². The summed E-state index contributed by atoms with van der Waals surface area (Å²) in [5.41, 5.74) is 1.27. The van der Waals surface area contributed by atoms with E-state index in [1.165, 1.54) is 12.0 Å². The molecule has 0 radical (unpaired) electrons. The van der Waals surface area contributed by atoms with Gasteiger partial charge in [0, 0.05) is 35.7 Å². The number of benzene rings is 1. The summed E-state index contributed by atoms with van der Waals surface area (Å²) in [7, 11) is 0. The smallest absolute Gasteiger partial charge is 0.124 e. The highest BCUT2D eigenvalue weighted by atomic mass is 79.9. The summed E-state index contributed by atoms with van der Waals surface area (Å²) in [5.74, 6) is 1.65. The molecule has 1 aromatic rings. The maximum Gasteiger partial charge on any atom is 0.124 e. The van der Waals surface area contributed by atoms with Crippen LogP contribution in [0.1, 0.15) is 31.4 Å². The highest BCUT2D eigenvalue weighted by Gasteiger charge is 2.27. The second kappa shape index (κ2) is 5.81. The molecule has 0 spiro atoms. The van der Waals surface area contributed by atoms with Crippen LogP contribution in [0.25, 0.3) is 0 Å². The topological polar surface area (TPSA) is 30.5 Å². The predicted molar refractivity (Wildman–Crippen MR) is 78.5 cm³/mol. The van der Waals surface area contributed by atoms with E-state index in [1.54, 1.807) is 0 Å². The maximum absolute atomic E-state index is 5.72. The van der Waals surface area contributed by atoms with E-state index in [4.69, 9.17) is 9.47 Å². The zero-order chi connectivity index (χ0) is 13.2. The lowest BCUT2D eigenvalue weighted by molar-refractivity contribution is 0.104. The summed E-state index contributed by atoms with van der Waals surface area (Å²) in [6, 6.07) is 6.65. The Bertz CT molecular complexity index is 452. The van der Waals surface area contributed by atoms with E-state index in [9.17, 15) is 0 Å². The SMILES string of the molecule is CC1OCCC1CNC1CCOc2ccc(Br)cc21. The highest BCUT2D eigenvalue weighted by molar-refractivity contribution is 9.10. The molecular formula is C15H20BrNO2. The van der Waals surface area contributed by atoms with Gasteiger partial charge >= 0.3 is 0 Å². The summed E-state index contributed by atoms with van der Waals surface area (Å²) >= 11 is 3.54. The van der Waals surface area contributed by atoms with Crippen molar-refractivity contribution in [1.82, 2.24) is 5.32 Å². The molecular weight excluding hydrogens is 306 g/mol. The summed E-state index contributed by atoms with van der Waals surface area (Å²) in [4.78, 5) is 0. The summed E-state index contributed by atoms with van der Waals surface area (Å²) < 4.78 is 12.4. The third kappa shape index (κ3) is 2.96. The van der Waals surface area contributed by atoms with Crippen molar-refractivity contribution < 1.29 is 9.47 Å². The molecule has 3 atom stereocenters. The molecule has 0 aromatic heterocycles. The molecule has 0 bridgehead atoms. The van der Waals surface area contributed by atoms with Gasteiger partial charge in [-0.3, -0.25) is 0 Å². The highest BCUT2D eigenvalue weighted by Crippen LogP contribution is 2.34. The van der Waals surface area contributed by atoms with Gasteiger partial charge in [0.25, 0.3) is 0 Å². The van der Waals surface area contributed by atoms with E-state index in [0.717, 1.165) is 36.4 Å². The molecule has 1 fully saturated rings. The maximum atomic E-state index is 5.72. The fourth-order valence-corrected chi connectivity index (χ4v) is 3.29. The summed E-state index contributed by atoms with van der Waals surface area (Å²) in [6.45, 7) is 4.90. The van der Waals surface area contributed by atoms with Crippen LogP contribution in [0.15, 0.2) is 22.7 Å². The molecule has 3 nitrogen and oxygen atoms in total. The van der Waals surface area contributed by atoms with Gasteiger partial charge in [-0.1, -0.05) is 15.9 Å². The standard InChI is InChI=1S/C15H20BrNO2/c1-10-11(4-6-18-10)9-17-14-5-7-19-15-3-2-12(16)8-13(14)15/h2-3,8,10-11,14,17H,4-7,9H2,1H3. The van der Waals surface area contributed by atoms with Crippen LogP contribution in [-0.2, 0) is 4.74 Å². The third-order valence-electron chi connectivity index (χ3n) is 4.17. The molecule has 0 aliphatic carbocycles. The van der Waals surface area contributed by atoms with Crippen molar-refractivity contribution in [3.8, 4) is 5.75 Å². The van der Waals surface area contributed by atoms with E-state index >= 15 is 0 Å². The normalized spacial score (nSPS) is 29.9. The lowest BCUT2D eigenvalue weighted by Crippen LogP contribution is -2.33. The first-order chi connectivity index (χ1) is 9.24. The van der Waals surface area contributed by atoms with E-state index in [0.29, 0.717) is 18.1 Å². The Balaban J connectivity index is 1.67. The van der Waals surface area contributed by atoms with Crippen LogP contribution in [0.4, 0.5) is 0 Å². The number of ether oxygens (including phenoxy) is 2. The minimum atomic E-state index is 0.384. The molecule has 104 valence electrons. The van der Waals surface area contributed by atoms with Gasteiger partial charge in [0.1, 0.15) is 5.75 Å². The minimum absolute atomic E-state index is 0.384.